The molecule has 0 amide bonds. The van der Waals surface area contributed by atoms with E-state index in [-0.39, 0.29) is 0 Å². The fourth-order valence-electron chi connectivity index (χ4n) is 1.91. The van der Waals surface area contributed by atoms with Gasteiger partial charge in [-0.2, -0.15) is 17.0 Å². The zero-order chi connectivity index (χ0) is 10.8. The quantitative estimate of drug-likeness (QED) is 0.595. The van der Waals surface area contributed by atoms with Gasteiger partial charge in [0.1, 0.15) is 0 Å². The van der Waals surface area contributed by atoms with Crippen LogP contribution in [0.2, 0.25) is 0 Å². The van der Waals surface area contributed by atoms with Gasteiger partial charge in [-0.25, -0.2) is 0 Å². The molecule has 2 nitrogen and oxygen atoms in total. The van der Waals surface area contributed by atoms with Gasteiger partial charge < -0.3 is 4.90 Å². The third kappa shape index (κ3) is 6.81. The van der Waals surface area contributed by atoms with Gasteiger partial charge in [-0.05, 0) is 63.2 Å². The second-order valence-electron chi connectivity index (χ2n) is 4.13. The third-order valence-electron chi connectivity index (χ3n) is 2.79. The summed E-state index contributed by atoms with van der Waals surface area (Å²) in [6, 6.07) is 2.19. The second kappa shape index (κ2) is 9.06. The van der Waals surface area contributed by atoms with E-state index in [2.05, 4.69) is 22.7 Å². The number of hydrogen-bond donors (Lipinski definition) is 0. The first kappa shape index (κ1) is 12.9. The van der Waals surface area contributed by atoms with Crippen molar-refractivity contribution in [3.8, 4) is 6.07 Å². The monoisotopic (exact) mass is 226 g/mol. The number of hydrogen-bond acceptors (Lipinski definition) is 3. The maximum Gasteiger partial charge on any atom is 0.0621 e. The summed E-state index contributed by atoms with van der Waals surface area (Å²) in [5.41, 5.74) is 0. The Morgan fingerprint density at radius 3 is 2.53 bits per heavy atom. The van der Waals surface area contributed by atoms with E-state index in [0.717, 1.165) is 12.8 Å². The van der Waals surface area contributed by atoms with Crippen molar-refractivity contribution in [1.29, 1.82) is 5.26 Å². The lowest BCUT2D eigenvalue weighted by Gasteiger charge is -2.13. The van der Waals surface area contributed by atoms with Crippen LogP contribution in [0.25, 0.3) is 0 Å². The lowest BCUT2D eigenvalue weighted by Crippen LogP contribution is -2.20. The van der Waals surface area contributed by atoms with E-state index in [1.807, 2.05) is 0 Å². The summed E-state index contributed by atoms with van der Waals surface area (Å²) in [4.78, 5) is 2.58. The fourth-order valence-corrected chi connectivity index (χ4v) is 2.85. The minimum atomic E-state index is 0.730. The normalized spacial score (nSPS) is 16.7. The highest BCUT2D eigenvalue weighted by molar-refractivity contribution is 7.99. The van der Waals surface area contributed by atoms with Crippen LogP contribution in [0.3, 0.4) is 0 Å². The van der Waals surface area contributed by atoms with Crippen LogP contribution in [-0.2, 0) is 0 Å². The molecule has 0 saturated carbocycles. The van der Waals surface area contributed by atoms with Crippen molar-refractivity contribution < 1.29 is 0 Å². The Bertz CT molecular complexity index is 183. The van der Waals surface area contributed by atoms with Gasteiger partial charge in [-0.1, -0.05) is 0 Å². The smallest absolute Gasteiger partial charge is 0.0621 e. The zero-order valence-corrected chi connectivity index (χ0v) is 10.4. The van der Waals surface area contributed by atoms with Crippen LogP contribution in [-0.4, -0.2) is 36.0 Å². The highest BCUT2D eigenvalue weighted by Crippen LogP contribution is 2.11. The van der Waals surface area contributed by atoms with Crippen LogP contribution < -0.4 is 0 Å². The number of thioether (sulfide) groups is 1. The van der Waals surface area contributed by atoms with Crippen LogP contribution in [0.15, 0.2) is 0 Å². The van der Waals surface area contributed by atoms with Gasteiger partial charge >= 0.3 is 0 Å². The van der Waals surface area contributed by atoms with Gasteiger partial charge in [0.15, 0.2) is 0 Å². The molecule has 0 atom stereocenters. The first-order valence-electron chi connectivity index (χ1n) is 6.10. The van der Waals surface area contributed by atoms with Crippen LogP contribution in [0.1, 0.15) is 38.5 Å². The molecule has 0 spiro atoms. The van der Waals surface area contributed by atoms with Crippen molar-refractivity contribution >= 4 is 11.8 Å². The van der Waals surface area contributed by atoms with E-state index < -0.39 is 0 Å². The number of nitriles is 1. The molecule has 3 heteroatoms. The van der Waals surface area contributed by atoms with E-state index in [9.17, 15) is 0 Å². The van der Waals surface area contributed by atoms with Gasteiger partial charge in [0.2, 0.25) is 0 Å². The van der Waals surface area contributed by atoms with E-state index in [1.54, 1.807) is 0 Å². The molecule has 0 aliphatic carbocycles. The molecule has 1 fully saturated rings. The molecule has 1 saturated heterocycles. The Kier molecular flexibility index (Phi) is 7.77. The molecular weight excluding hydrogens is 204 g/mol. The Labute approximate surface area is 98.0 Å². The van der Waals surface area contributed by atoms with Gasteiger partial charge in [-0.15, -0.1) is 0 Å². The Balaban J connectivity index is 1.75. The number of unbranched alkanes of at least 4 members (excludes halogenated alkanes) is 2. The van der Waals surface area contributed by atoms with Crippen molar-refractivity contribution in [2.75, 3.05) is 31.1 Å². The lowest BCUT2D eigenvalue weighted by molar-refractivity contribution is 0.341. The minimum Gasteiger partial charge on any atom is -0.303 e. The molecule has 0 bridgehead atoms. The Morgan fingerprint density at radius 2 is 1.80 bits per heavy atom. The SMILES string of the molecule is N#CCCCCSCCCN1CCCC1. The zero-order valence-electron chi connectivity index (χ0n) is 9.58. The summed E-state index contributed by atoms with van der Waals surface area (Å²) in [5, 5.41) is 8.37. The van der Waals surface area contributed by atoms with Crippen LogP contribution in [0.5, 0.6) is 0 Å². The summed E-state index contributed by atoms with van der Waals surface area (Å²) >= 11 is 2.05. The molecule has 1 heterocycles. The fraction of sp³-hybridized carbons (Fsp3) is 0.917. The molecule has 1 aliphatic heterocycles. The predicted octanol–water partition coefficient (Wildman–Crippen LogP) is 2.90. The number of nitrogens with zero attached hydrogens (tertiary/aromatic N) is 2. The highest BCUT2D eigenvalue weighted by atomic mass is 32.2. The average Bonchev–Trinajstić information content (AvgIpc) is 2.75. The molecule has 1 rings (SSSR count). The first-order valence-corrected chi connectivity index (χ1v) is 7.26. The van der Waals surface area contributed by atoms with Gasteiger partial charge in [-0.3, -0.25) is 0 Å². The van der Waals surface area contributed by atoms with E-state index in [4.69, 9.17) is 5.26 Å². The number of likely N-dealkylation sites (tertiary alicyclic amines) is 1. The van der Waals surface area contributed by atoms with Crippen molar-refractivity contribution in [3.05, 3.63) is 0 Å². The third-order valence-corrected chi connectivity index (χ3v) is 3.94. The van der Waals surface area contributed by atoms with Gasteiger partial charge in [0, 0.05) is 6.42 Å². The average molecular weight is 226 g/mol. The molecular formula is C12H22N2S. The van der Waals surface area contributed by atoms with Crippen LogP contribution in [0.4, 0.5) is 0 Å². The molecule has 0 N–H and O–H groups in total. The summed E-state index contributed by atoms with van der Waals surface area (Å²) in [6.07, 6.45) is 7.16. The van der Waals surface area contributed by atoms with Gasteiger partial charge in [0.25, 0.3) is 0 Å². The Hall–Kier alpha value is -0.200. The molecule has 0 aromatic rings. The molecule has 0 unspecified atom stereocenters. The summed E-state index contributed by atoms with van der Waals surface area (Å²) < 4.78 is 0. The number of rotatable bonds is 8. The standard InChI is InChI=1S/C12H22N2S/c13-7-2-1-5-11-15-12-6-10-14-8-3-4-9-14/h1-6,8-12H2. The largest absolute Gasteiger partial charge is 0.303 e. The van der Waals surface area contributed by atoms with Crippen LogP contribution in [0, 0.1) is 11.3 Å². The maximum absolute atomic E-state index is 8.37. The van der Waals surface area contributed by atoms with Gasteiger partial charge in [0.05, 0.1) is 6.07 Å². The van der Waals surface area contributed by atoms with Crippen molar-refractivity contribution in [1.82, 2.24) is 4.90 Å². The van der Waals surface area contributed by atoms with Crippen molar-refractivity contribution in [2.45, 2.75) is 38.5 Å². The van der Waals surface area contributed by atoms with E-state index in [1.165, 1.54) is 56.8 Å². The predicted molar refractivity (Wildman–Crippen MR) is 67.1 cm³/mol. The molecule has 86 valence electrons. The molecule has 0 aromatic carbocycles. The minimum absolute atomic E-state index is 0.730. The van der Waals surface area contributed by atoms with E-state index in [0.29, 0.717) is 0 Å². The topological polar surface area (TPSA) is 27.0 Å². The summed E-state index contributed by atoms with van der Waals surface area (Å²) in [6.45, 7) is 3.95. The summed E-state index contributed by atoms with van der Waals surface area (Å²) in [7, 11) is 0. The molecule has 0 aromatic heterocycles. The van der Waals surface area contributed by atoms with E-state index >= 15 is 0 Å². The second-order valence-corrected chi connectivity index (χ2v) is 5.35. The maximum atomic E-state index is 8.37. The first-order chi connectivity index (χ1) is 7.43. The molecule has 0 radical (unpaired) electrons. The highest BCUT2D eigenvalue weighted by Gasteiger charge is 2.09. The van der Waals surface area contributed by atoms with Crippen molar-refractivity contribution in [2.24, 2.45) is 0 Å². The van der Waals surface area contributed by atoms with Crippen molar-refractivity contribution in [3.63, 3.8) is 0 Å². The Morgan fingerprint density at radius 1 is 1.07 bits per heavy atom. The molecule has 1 aliphatic rings. The molecule has 15 heavy (non-hydrogen) atoms. The lowest BCUT2D eigenvalue weighted by atomic mass is 10.3. The summed E-state index contributed by atoms with van der Waals surface area (Å²) in [5.74, 6) is 2.53. The van der Waals surface area contributed by atoms with Crippen LogP contribution >= 0.6 is 11.8 Å².